The lowest BCUT2D eigenvalue weighted by Crippen LogP contribution is -2.33. The van der Waals surface area contributed by atoms with Gasteiger partial charge in [0.25, 0.3) is 5.91 Å². The largest absolute Gasteiger partial charge is 0.376 e. The van der Waals surface area contributed by atoms with E-state index in [9.17, 15) is 14.4 Å². The summed E-state index contributed by atoms with van der Waals surface area (Å²) in [7, 11) is 0. The third kappa shape index (κ3) is 3.41. The Kier molecular flexibility index (Phi) is 4.83. The maximum atomic E-state index is 12.8. The molecule has 6 nitrogen and oxygen atoms in total. The van der Waals surface area contributed by atoms with E-state index in [1.807, 2.05) is 13.0 Å². The van der Waals surface area contributed by atoms with Crippen LogP contribution in [0.3, 0.4) is 0 Å². The van der Waals surface area contributed by atoms with E-state index in [1.165, 1.54) is 4.90 Å². The van der Waals surface area contributed by atoms with Crippen LogP contribution >= 0.6 is 0 Å². The first-order chi connectivity index (χ1) is 13.0. The highest BCUT2D eigenvalue weighted by Gasteiger charge is 2.48. The molecule has 4 rings (SSSR count). The van der Waals surface area contributed by atoms with Gasteiger partial charge >= 0.3 is 0 Å². The number of ether oxygens (including phenoxy) is 1. The molecule has 27 heavy (non-hydrogen) atoms. The van der Waals surface area contributed by atoms with Gasteiger partial charge in [0.05, 0.1) is 23.6 Å². The van der Waals surface area contributed by atoms with Crippen molar-refractivity contribution in [1.82, 2.24) is 5.32 Å². The fourth-order valence-electron chi connectivity index (χ4n) is 4.19. The lowest BCUT2D eigenvalue weighted by atomic mass is 9.82. The molecule has 142 valence electrons. The summed E-state index contributed by atoms with van der Waals surface area (Å²) in [4.78, 5) is 39.4. The molecule has 1 aromatic rings. The lowest BCUT2D eigenvalue weighted by Gasteiger charge is -2.18. The van der Waals surface area contributed by atoms with Crippen LogP contribution in [0.15, 0.2) is 35.9 Å². The first kappa shape index (κ1) is 17.9. The molecule has 0 aromatic heterocycles. The van der Waals surface area contributed by atoms with E-state index in [2.05, 4.69) is 5.32 Å². The normalized spacial score (nSPS) is 27.5. The average Bonchev–Trinajstić information content (AvgIpc) is 3.27. The molecule has 1 aliphatic carbocycles. The molecule has 0 radical (unpaired) electrons. The molecular weight excluding hydrogens is 344 g/mol. The van der Waals surface area contributed by atoms with Gasteiger partial charge in [0, 0.05) is 18.7 Å². The zero-order chi connectivity index (χ0) is 19.0. The van der Waals surface area contributed by atoms with Crippen molar-refractivity contribution < 1.29 is 19.1 Å². The third-order valence-electron chi connectivity index (χ3n) is 5.70. The number of allylic oxidation sites excluding steroid dienone is 2. The molecule has 6 heteroatoms. The fraction of sp³-hybridized carbons (Fsp3) is 0.476. The number of rotatable bonds is 4. The van der Waals surface area contributed by atoms with E-state index < -0.39 is 0 Å². The van der Waals surface area contributed by atoms with Crippen LogP contribution in [0, 0.1) is 11.8 Å². The number of hydrogen-bond donors (Lipinski definition) is 1. The van der Waals surface area contributed by atoms with E-state index in [4.69, 9.17) is 4.74 Å². The first-order valence-electron chi connectivity index (χ1n) is 9.58. The Hall–Kier alpha value is -2.47. The molecular formula is C21H24N2O4. The summed E-state index contributed by atoms with van der Waals surface area (Å²) < 4.78 is 5.52. The number of hydrogen-bond acceptors (Lipinski definition) is 4. The Morgan fingerprint density at radius 1 is 1.26 bits per heavy atom. The zero-order valence-electron chi connectivity index (χ0n) is 15.4. The summed E-state index contributed by atoms with van der Waals surface area (Å²) >= 11 is 0. The molecule has 3 atom stereocenters. The van der Waals surface area contributed by atoms with Crippen LogP contribution < -0.4 is 10.2 Å². The topological polar surface area (TPSA) is 75.7 Å². The van der Waals surface area contributed by atoms with Crippen molar-refractivity contribution in [1.29, 1.82) is 0 Å². The summed E-state index contributed by atoms with van der Waals surface area (Å²) in [5.74, 6) is -1.10. The monoisotopic (exact) mass is 368 g/mol. The van der Waals surface area contributed by atoms with Crippen LogP contribution in [0.2, 0.25) is 0 Å². The zero-order valence-corrected chi connectivity index (χ0v) is 15.4. The smallest absolute Gasteiger partial charge is 0.251 e. The highest BCUT2D eigenvalue weighted by molar-refractivity contribution is 6.22. The summed E-state index contributed by atoms with van der Waals surface area (Å²) in [6, 6.07) is 6.74. The molecule has 1 aromatic carbocycles. The van der Waals surface area contributed by atoms with Gasteiger partial charge in [-0.3, -0.25) is 19.3 Å². The SMILES string of the molecule is CC1=CC[C@@H]2C(=O)N(c3cccc(C(=O)NC[C@@H]4CCCO4)c3)C(=O)[C@@H]2C1. The van der Waals surface area contributed by atoms with Crippen molar-refractivity contribution in [2.24, 2.45) is 11.8 Å². The highest BCUT2D eigenvalue weighted by Crippen LogP contribution is 2.39. The summed E-state index contributed by atoms with van der Waals surface area (Å²) in [5.41, 5.74) is 2.07. The Bertz CT molecular complexity index is 810. The average molecular weight is 368 g/mol. The molecule has 0 bridgehead atoms. The van der Waals surface area contributed by atoms with Gasteiger partial charge in [-0.05, 0) is 50.8 Å². The van der Waals surface area contributed by atoms with Gasteiger partial charge < -0.3 is 10.1 Å². The second-order valence-corrected chi connectivity index (χ2v) is 7.61. The van der Waals surface area contributed by atoms with Crippen molar-refractivity contribution in [3.63, 3.8) is 0 Å². The summed E-state index contributed by atoms with van der Waals surface area (Å²) in [6.07, 6.45) is 5.33. The van der Waals surface area contributed by atoms with E-state index in [-0.39, 0.29) is 35.7 Å². The minimum absolute atomic E-state index is 0.0673. The van der Waals surface area contributed by atoms with Gasteiger partial charge in [-0.15, -0.1) is 0 Å². The van der Waals surface area contributed by atoms with Crippen molar-refractivity contribution in [2.45, 2.75) is 38.7 Å². The Labute approximate surface area is 158 Å². The molecule has 2 heterocycles. The number of amides is 3. The van der Waals surface area contributed by atoms with Gasteiger partial charge in [-0.2, -0.15) is 0 Å². The van der Waals surface area contributed by atoms with Crippen molar-refractivity contribution in [2.75, 3.05) is 18.1 Å². The molecule has 3 aliphatic rings. The Balaban J connectivity index is 1.49. The number of imide groups is 1. The Morgan fingerprint density at radius 2 is 2.07 bits per heavy atom. The lowest BCUT2D eigenvalue weighted by molar-refractivity contribution is -0.122. The standard InChI is InChI=1S/C21H24N2O4/c1-13-7-8-17-18(10-13)21(26)23(20(17)25)15-5-2-4-14(11-15)19(24)22-12-16-6-3-9-27-16/h2,4-5,7,11,16-18H,3,6,8-10,12H2,1H3,(H,22,24)/t16-,17-,18+/m0/s1. The third-order valence-corrected chi connectivity index (χ3v) is 5.70. The van der Waals surface area contributed by atoms with Crippen LogP contribution in [0.5, 0.6) is 0 Å². The number of carbonyl (C=O) groups is 3. The predicted octanol–water partition coefficient (Wildman–Crippen LogP) is 2.44. The number of carbonyl (C=O) groups excluding carboxylic acids is 3. The molecule has 0 spiro atoms. The van der Waals surface area contributed by atoms with E-state index in [0.717, 1.165) is 25.0 Å². The van der Waals surface area contributed by atoms with Crippen LogP contribution in [-0.4, -0.2) is 37.0 Å². The fourth-order valence-corrected chi connectivity index (χ4v) is 4.19. The second kappa shape index (κ2) is 7.27. The van der Waals surface area contributed by atoms with Gasteiger partial charge in [0.1, 0.15) is 0 Å². The predicted molar refractivity (Wildman–Crippen MR) is 100 cm³/mol. The minimum Gasteiger partial charge on any atom is -0.376 e. The van der Waals surface area contributed by atoms with Crippen LogP contribution in [0.1, 0.15) is 43.0 Å². The molecule has 1 N–H and O–H groups in total. The summed E-state index contributed by atoms with van der Waals surface area (Å²) in [6.45, 7) is 3.21. The van der Waals surface area contributed by atoms with Gasteiger partial charge in [-0.25, -0.2) is 0 Å². The van der Waals surface area contributed by atoms with Crippen molar-refractivity contribution >= 4 is 23.4 Å². The van der Waals surface area contributed by atoms with Gasteiger partial charge in [0.2, 0.25) is 11.8 Å². The molecule has 0 unspecified atom stereocenters. The molecule has 2 fully saturated rings. The highest BCUT2D eigenvalue weighted by atomic mass is 16.5. The van der Waals surface area contributed by atoms with Crippen molar-refractivity contribution in [3.05, 3.63) is 41.5 Å². The molecule has 2 saturated heterocycles. The van der Waals surface area contributed by atoms with Crippen LogP contribution in [0.25, 0.3) is 0 Å². The number of fused-ring (bicyclic) bond motifs is 1. The number of anilines is 1. The number of nitrogens with zero attached hydrogens (tertiary/aromatic N) is 1. The van der Waals surface area contributed by atoms with E-state index >= 15 is 0 Å². The Morgan fingerprint density at radius 3 is 2.85 bits per heavy atom. The maximum absolute atomic E-state index is 12.8. The van der Waals surface area contributed by atoms with E-state index in [1.54, 1.807) is 24.3 Å². The summed E-state index contributed by atoms with van der Waals surface area (Å²) in [5, 5.41) is 2.88. The molecule has 3 amide bonds. The first-order valence-corrected chi connectivity index (χ1v) is 9.58. The minimum atomic E-state index is -0.279. The number of nitrogens with one attached hydrogen (secondary N) is 1. The van der Waals surface area contributed by atoms with Gasteiger partial charge in [0.15, 0.2) is 0 Å². The van der Waals surface area contributed by atoms with Crippen LogP contribution in [0.4, 0.5) is 5.69 Å². The van der Waals surface area contributed by atoms with Gasteiger partial charge in [-0.1, -0.05) is 17.7 Å². The molecule has 2 aliphatic heterocycles. The van der Waals surface area contributed by atoms with Crippen LogP contribution in [-0.2, 0) is 14.3 Å². The number of benzene rings is 1. The second-order valence-electron chi connectivity index (χ2n) is 7.61. The van der Waals surface area contributed by atoms with E-state index in [0.29, 0.717) is 30.6 Å². The van der Waals surface area contributed by atoms with Crippen molar-refractivity contribution in [3.8, 4) is 0 Å². The quantitative estimate of drug-likeness (QED) is 0.654. The maximum Gasteiger partial charge on any atom is 0.251 e. The molecule has 0 saturated carbocycles.